The van der Waals surface area contributed by atoms with Crippen LogP contribution >= 0.6 is 0 Å². The summed E-state index contributed by atoms with van der Waals surface area (Å²) in [4.78, 5) is 25.7. The summed E-state index contributed by atoms with van der Waals surface area (Å²) >= 11 is 0. The molecule has 1 saturated carbocycles. The molecule has 27 heavy (non-hydrogen) atoms. The molecule has 1 unspecified atom stereocenters. The van der Waals surface area contributed by atoms with Crippen LogP contribution in [0.3, 0.4) is 0 Å². The van der Waals surface area contributed by atoms with Gasteiger partial charge in [-0.2, -0.15) is 0 Å². The fraction of sp³-hybridized carbons (Fsp3) is 0.917. The molecule has 3 nitrogen and oxygen atoms in total. The van der Waals surface area contributed by atoms with E-state index in [2.05, 4.69) is 13.8 Å². The Morgan fingerprint density at radius 1 is 0.778 bits per heavy atom. The molecule has 1 aliphatic carbocycles. The molecule has 0 heterocycles. The van der Waals surface area contributed by atoms with Crippen LogP contribution in [0.1, 0.15) is 129 Å². The Labute approximate surface area is 168 Å². The van der Waals surface area contributed by atoms with Crippen molar-refractivity contribution in [2.24, 2.45) is 17.1 Å². The van der Waals surface area contributed by atoms with Gasteiger partial charge < -0.3 is 5.73 Å². The van der Waals surface area contributed by atoms with Gasteiger partial charge in [0.05, 0.1) is 5.92 Å². The van der Waals surface area contributed by atoms with Crippen molar-refractivity contribution in [3.8, 4) is 0 Å². The summed E-state index contributed by atoms with van der Waals surface area (Å²) in [5.41, 5.74) is 5.45. The van der Waals surface area contributed by atoms with Crippen molar-refractivity contribution >= 4 is 11.7 Å². The van der Waals surface area contributed by atoms with Gasteiger partial charge in [-0.05, 0) is 25.7 Å². The second kappa shape index (κ2) is 14.2. The smallest absolute Gasteiger partial charge is 0.228 e. The van der Waals surface area contributed by atoms with Gasteiger partial charge in [-0.25, -0.2) is 0 Å². The average Bonchev–Trinajstić information content (AvgIpc) is 2.90. The maximum absolute atomic E-state index is 13.6. The quantitative estimate of drug-likeness (QED) is 0.195. The standard InChI is InChI=1S/C24H45NO2/c1-3-5-7-9-13-17-21(23(25)27)22(26)24(18-14-10-8-6-4-2)19-15-11-12-16-20-24/h21H,3-20H2,1-2H3,(H2,25,27). The Kier molecular flexibility index (Phi) is 12.7. The molecule has 0 aromatic rings. The third-order valence-electron chi connectivity index (χ3n) is 6.60. The maximum Gasteiger partial charge on any atom is 0.228 e. The number of unbranched alkanes of at least 4 members (excludes halogenated alkanes) is 8. The molecule has 1 aliphatic rings. The van der Waals surface area contributed by atoms with Gasteiger partial charge in [-0.15, -0.1) is 0 Å². The zero-order chi connectivity index (χ0) is 20.0. The Morgan fingerprint density at radius 3 is 1.81 bits per heavy atom. The van der Waals surface area contributed by atoms with E-state index in [0.29, 0.717) is 6.42 Å². The first-order valence-corrected chi connectivity index (χ1v) is 11.9. The van der Waals surface area contributed by atoms with Gasteiger partial charge in [-0.1, -0.05) is 104 Å². The molecule has 2 N–H and O–H groups in total. The SMILES string of the molecule is CCCCCCCC(C(N)=O)C(=O)C1(CCCCCCC)CCCCCC1. The third kappa shape index (κ3) is 8.79. The highest BCUT2D eigenvalue weighted by Gasteiger charge is 2.42. The Bertz CT molecular complexity index is 411. The van der Waals surface area contributed by atoms with E-state index in [9.17, 15) is 9.59 Å². The Hall–Kier alpha value is -0.860. The largest absolute Gasteiger partial charge is 0.369 e. The molecule has 1 fully saturated rings. The number of rotatable bonds is 15. The van der Waals surface area contributed by atoms with E-state index in [0.717, 1.165) is 51.4 Å². The second-order valence-electron chi connectivity index (χ2n) is 8.88. The summed E-state index contributed by atoms with van der Waals surface area (Å²) < 4.78 is 0. The number of amides is 1. The first-order chi connectivity index (χ1) is 13.1. The molecule has 1 atom stereocenters. The summed E-state index contributed by atoms with van der Waals surface area (Å²) in [7, 11) is 0. The highest BCUT2D eigenvalue weighted by atomic mass is 16.2. The lowest BCUT2D eigenvalue weighted by Crippen LogP contribution is -2.41. The van der Waals surface area contributed by atoms with Crippen LogP contribution in [0.5, 0.6) is 0 Å². The zero-order valence-corrected chi connectivity index (χ0v) is 18.2. The number of hydrogen-bond donors (Lipinski definition) is 1. The highest BCUT2D eigenvalue weighted by molar-refractivity contribution is 6.03. The Balaban J connectivity index is 2.73. The van der Waals surface area contributed by atoms with Crippen molar-refractivity contribution in [2.75, 3.05) is 0 Å². The Morgan fingerprint density at radius 2 is 1.30 bits per heavy atom. The van der Waals surface area contributed by atoms with Crippen molar-refractivity contribution in [1.29, 1.82) is 0 Å². The monoisotopic (exact) mass is 379 g/mol. The summed E-state index contributed by atoms with van der Waals surface area (Å²) in [6.45, 7) is 4.43. The van der Waals surface area contributed by atoms with Crippen LogP contribution in [0, 0.1) is 11.3 Å². The van der Waals surface area contributed by atoms with E-state index in [-0.39, 0.29) is 17.1 Å². The summed E-state index contributed by atoms with van der Waals surface area (Å²) in [5.74, 6) is -0.742. The second-order valence-corrected chi connectivity index (χ2v) is 8.88. The van der Waals surface area contributed by atoms with Gasteiger partial charge in [0.1, 0.15) is 0 Å². The van der Waals surface area contributed by atoms with Gasteiger partial charge >= 0.3 is 0 Å². The van der Waals surface area contributed by atoms with Gasteiger partial charge in [-0.3, -0.25) is 9.59 Å². The molecular weight excluding hydrogens is 334 g/mol. The van der Waals surface area contributed by atoms with E-state index in [1.807, 2.05) is 0 Å². The fourth-order valence-corrected chi connectivity index (χ4v) is 4.82. The first-order valence-electron chi connectivity index (χ1n) is 11.9. The zero-order valence-electron chi connectivity index (χ0n) is 18.2. The lowest BCUT2D eigenvalue weighted by atomic mass is 9.68. The number of Topliss-reactive ketones (excluding diaryl/α,β-unsaturated/α-hetero) is 1. The minimum atomic E-state index is -0.555. The lowest BCUT2D eigenvalue weighted by Gasteiger charge is -2.34. The molecule has 3 heteroatoms. The molecule has 1 rings (SSSR count). The van der Waals surface area contributed by atoms with Crippen LogP contribution in [0.2, 0.25) is 0 Å². The van der Waals surface area contributed by atoms with Crippen LogP contribution in [-0.4, -0.2) is 11.7 Å². The molecular formula is C24H45NO2. The van der Waals surface area contributed by atoms with E-state index >= 15 is 0 Å². The van der Waals surface area contributed by atoms with E-state index in [1.54, 1.807) is 0 Å². The molecule has 0 aromatic carbocycles. The van der Waals surface area contributed by atoms with E-state index in [4.69, 9.17) is 5.73 Å². The van der Waals surface area contributed by atoms with Crippen LogP contribution < -0.4 is 5.73 Å². The van der Waals surface area contributed by atoms with Crippen molar-refractivity contribution < 1.29 is 9.59 Å². The van der Waals surface area contributed by atoms with Crippen LogP contribution in [0.25, 0.3) is 0 Å². The van der Waals surface area contributed by atoms with E-state index in [1.165, 1.54) is 57.8 Å². The van der Waals surface area contributed by atoms with Gasteiger partial charge in [0, 0.05) is 5.41 Å². The van der Waals surface area contributed by atoms with Crippen LogP contribution in [0.4, 0.5) is 0 Å². The lowest BCUT2D eigenvalue weighted by molar-refractivity contribution is -0.140. The molecule has 0 spiro atoms. The number of carbonyl (C=O) groups is 2. The van der Waals surface area contributed by atoms with Crippen molar-refractivity contribution in [3.63, 3.8) is 0 Å². The predicted octanol–water partition coefficient (Wildman–Crippen LogP) is 6.72. The number of ketones is 1. The molecule has 158 valence electrons. The minimum Gasteiger partial charge on any atom is -0.369 e. The molecule has 1 amide bonds. The number of primary amides is 1. The average molecular weight is 380 g/mol. The van der Waals surface area contributed by atoms with Crippen LogP contribution in [-0.2, 0) is 9.59 Å². The summed E-state index contributed by atoms with van der Waals surface area (Å²) in [6, 6.07) is 0. The van der Waals surface area contributed by atoms with E-state index < -0.39 is 5.92 Å². The molecule has 0 aromatic heterocycles. The van der Waals surface area contributed by atoms with Gasteiger partial charge in [0.25, 0.3) is 0 Å². The van der Waals surface area contributed by atoms with Gasteiger partial charge in [0.15, 0.2) is 5.78 Å². The number of carbonyl (C=O) groups excluding carboxylic acids is 2. The summed E-state index contributed by atoms with van der Waals surface area (Å²) in [5, 5.41) is 0. The first kappa shape index (κ1) is 24.2. The molecule has 0 radical (unpaired) electrons. The number of hydrogen-bond acceptors (Lipinski definition) is 2. The summed E-state index contributed by atoms with van der Waals surface area (Å²) in [6.07, 6.45) is 20.1. The normalized spacial score (nSPS) is 18.0. The van der Waals surface area contributed by atoms with Crippen molar-refractivity contribution in [2.45, 2.75) is 129 Å². The molecule has 0 bridgehead atoms. The fourth-order valence-electron chi connectivity index (χ4n) is 4.82. The number of nitrogens with two attached hydrogens (primary N) is 1. The minimum absolute atomic E-state index is 0.197. The van der Waals surface area contributed by atoms with Crippen molar-refractivity contribution in [3.05, 3.63) is 0 Å². The molecule has 0 aliphatic heterocycles. The maximum atomic E-state index is 13.6. The third-order valence-corrected chi connectivity index (χ3v) is 6.60. The topological polar surface area (TPSA) is 60.2 Å². The van der Waals surface area contributed by atoms with Crippen LogP contribution in [0.15, 0.2) is 0 Å². The van der Waals surface area contributed by atoms with Gasteiger partial charge in [0.2, 0.25) is 5.91 Å². The molecule has 0 saturated heterocycles. The van der Waals surface area contributed by atoms with Crippen molar-refractivity contribution in [1.82, 2.24) is 0 Å². The predicted molar refractivity (Wildman–Crippen MR) is 115 cm³/mol. The highest BCUT2D eigenvalue weighted by Crippen LogP contribution is 2.43.